The molecule has 2 aliphatic rings. The van der Waals surface area contributed by atoms with Gasteiger partial charge in [0.2, 0.25) is 5.91 Å². The summed E-state index contributed by atoms with van der Waals surface area (Å²) in [5.74, 6) is -2.06. The SMILES string of the molecule is O=C(CC1COCCC1NC(=O)OCC1c2ccccc2-c2ccccc21)NC(CCO)C(=O)O. The minimum absolute atomic E-state index is 0.0104. The Bertz CT molecular complexity index is 1030. The maximum Gasteiger partial charge on any atom is 0.407 e. The summed E-state index contributed by atoms with van der Waals surface area (Å²) in [6.45, 7) is 0.541. The molecule has 186 valence electrons. The monoisotopic (exact) mass is 482 g/mol. The summed E-state index contributed by atoms with van der Waals surface area (Å²) in [5, 5.41) is 23.5. The van der Waals surface area contributed by atoms with E-state index in [9.17, 15) is 19.5 Å². The third-order valence-corrected chi connectivity index (χ3v) is 6.62. The van der Waals surface area contributed by atoms with E-state index < -0.39 is 24.0 Å². The standard InChI is InChI=1S/C26H30N2O7/c29-11-9-23(25(31)32)27-24(30)13-16-14-34-12-10-22(16)28-26(33)35-15-21-19-7-3-1-5-17(19)18-6-2-4-8-20(18)21/h1-8,16,21-23,29H,9-15H2,(H,27,30)(H,28,33)(H,31,32). The molecular formula is C26H30N2O7. The first-order valence-electron chi connectivity index (χ1n) is 11.8. The minimum Gasteiger partial charge on any atom is -0.480 e. The smallest absolute Gasteiger partial charge is 0.407 e. The molecule has 2 amide bonds. The van der Waals surface area contributed by atoms with E-state index >= 15 is 0 Å². The fraction of sp³-hybridized carbons (Fsp3) is 0.423. The van der Waals surface area contributed by atoms with Crippen LogP contribution in [0.2, 0.25) is 0 Å². The topological polar surface area (TPSA) is 134 Å². The summed E-state index contributed by atoms with van der Waals surface area (Å²) in [6.07, 6.45) is -0.137. The summed E-state index contributed by atoms with van der Waals surface area (Å²) in [6, 6.07) is 14.7. The van der Waals surface area contributed by atoms with Gasteiger partial charge in [0.05, 0.1) is 6.61 Å². The van der Waals surface area contributed by atoms with Crippen molar-refractivity contribution in [2.75, 3.05) is 26.4 Å². The fourth-order valence-electron chi connectivity index (χ4n) is 4.86. The molecular weight excluding hydrogens is 452 g/mol. The Labute approximate surface area is 203 Å². The predicted octanol–water partition coefficient (Wildman–Crippen LogP) is 2.27. The zero-order valence-corrected chi connectivity index (χ0v) is 19.3. The van der Waals surface area contributed by atoms with Crippen molar-refractivity contribution >= 4 is 18.0 Å². The largest absolute Gasteiger partial charge is 0.480 e. The molecule has 3 unspecified atom stereocenters. The van der Waals surface area contributed by atoms with Gasteiger partial charge in [0.1, 0.15) is 12.6 Å². The van der Waals surface area contributed by atoms with Crippen LogP contribution in [-0.2, 0) is 19.1 Å². The third-order valence-electron chi connectivity index (χ3n) is 6.62. The van der Waals surface area contributed by atoms with Crippen molar-refractivity contribution in [2.24, 2.45) is 5.92 Å². The number of carboxylic acid groups (broad SMARTS) is 1. The number of carbonyl (C=O) groups excluding carboxylic acids is 2. The first kappa shape index (κ1) is 24.7. The Balaban J connectivity index is 1.34. The number of rotatable bonds is 9. The number of aliphatic hydroxyl groups excluding tert-OH is 1. The number of carboxylic acids is 1. The van der Waals surface area contributed by atoms with Crippen LogP contribution in [-0.4, -0.2) is 66.7 Å². The van der Waals surface area contributed by atoms with Crippen LogP contribution < -0.4 is 10.6 Å². The summed E-state index contributed by atoms with van der Waals surface area (Å²) >= 11 is 0. The average Bonchev–Trinajstić information content (AvgIpc) is 3.17. The van der Waals surface area contributed by atoms with Crippen LogP contribution in [0.5, 0.6) is 0 Å². The molecule has 0 spiro atoms. The Kier molecular flexibility index (Phi) is 7.99. The highest BCUT2D eigenvalue weighted by atomic mass is 16.5. The second kappa shape index (κ2) is 11.3. The van der Waals surface area contributed by atoms with E-state index in [-0.39, 0.29) is 50.5 Å². The van der Waals surface area contributed by atoms with Crippen LogP contribution in [0, 0.1) is 5.92 Å². The molecule has 0 saturated carbocycles. The van der Waals surface area contributed by atoms with Gasteiger partial charge in [-0.15, -0.1) is 0 Å². The van der Waals surface area contributed by atoms with Crippen LogP contribution in [0.15, 0.2) is 48.5 Å². The molecule has 2 aromatic rings. The Morgan fingerprint density at radius 2 is 1.71 bits per heavy atom. The lowest BCUT2D eigenvalue weighted by Gasteiger charge is -2.32. The Hall–Kier alpha value is -3.43. The van der Waals surface area contributed by atoms with Crippen molar-refractivity contribution in [2.45, 2.75) is 37.3 Å². The maximum atomic E-state index is 12.7. The number of benzene rings is 2. The van der Waals surface area contributed by atoms with E-state index in [1.54, 1.807) is 0 Å². The number of amides is 2. The van der Waals surface area contributed by atoms with Gasteiger partial charge in [0, 0.05) is 43.9 Å². The van der Waals surface area contributed by atoms with E-state index in [0.717, 1.165) is 22.3 Å². The highest BCUT2D eigenvalue weighted by Gasteiger charge is 2.32. The molecule has 0 aromatic heterocycles. The number of ether oxygens (including phenoxy) is 2. The van der Waals surface area contributed by atoms with Gasteiger partial charge >= 0.3 is 12.1 Å². The maximum absolute atomic E-state index is 12.7. The highest BCUT2D eigenvalue weighted by molar-refractivity contribution is 5.83. The molecule has 9 heteroatoms. The quantitative estimate of drug-likeness (QED) is 0.431. The van der Waals surface area contributed by atoms with E-state index in [0.29, 0.717) is 13.0 Å². The number of alkyl carbamates (subject to hydrolysis) is 1. The van der Waals surface area contributed by atoms with Crippen LogP contribution in [0.1, 0.15) is 36.3 Å². The van der Waals surface area contributed by atoms with E-state index in [2.05, 4.69) is 34.9 Å². The third kappa shape index (κ3) is 5.80. The summed E-state index contributed by atoms with van der Waals surface area (Å²) < 4.78 is 11.1. The van der Waals surface area contributed by atoms with Gasteiger partial charge in [-0.3, -0.25) is 4.79 Å². The van der Waals surface area contributed by atoms with Gasteiger partial charge in [0.25, 0.3) is 0 Å². The van der Waals surface area contributed by atoms with Crippen molar-refractivity contribution in [3.05, 3.63) is 59.7 Å². The Morgan fingerprint density at radius 1 is 1.06 bits per heavy atom. The average molecular weight is 483 g/mol. The van der Waals surface area contributed by atoms with E-state index in [4.69, 9.17) is 14.6 Å². The molecule has 1 aliphatic heterocycles. The first-order chi connectivity index (χ1) is 17.0. The van der Waals surface area contributed by atoms with Gasteiger partial charge in [-0.1, -0.05) is 48.5 Å². The molecule has 3 atom stereocenters. The van der Waals surface area contributed by atoms with Crippen LogP contribution >= 0.6 is 0 Å². The van der Waals surface area contributed by atoms with Crippen molar-refractivity contribution in [3.63, 3.8) is 0 Å². The number of aliphatic hydroxyl groups is 1. The molecule has 0 radical (unpaired) electrons. The predicted molar refractivity (Wildman–Crippen MR) is 127 cm³/mol. The first-order valence-corrected chi connectivity index (χ1v) is 11.8. The fourth-order valence-corrected chi connectivity index (χ4v) is 4.86. The van der Waals surface area contributed by atoms with Gasteiger partial charge in [-0.2, -0.15) is 0 Å². The lowest BCUT2D eigenvalue weighted by Crippen LogP contribution is -2.49. The molecule has 1 heterocycles. The second-order valence-electron chi connectivity index (χ2n) is 8.87. The number of hydrogen-bond acceptors (Lipinski definition) is 6. The molecule has 9 nitrogen and oxygen atoms in total. The minimum atomic E-state index is -1.21. The molecule has 4 N–H and O–H groups in total. The number of hydrogen-bond donors (Lipinski definition) is 4. The van der Waals surface area contributed by atoms with Gasteiger partial charge in [0.15, 0.2) is 0 Å². The van der Waals surface area contributed by atoms with Crippen molar-refractivity contribution in [1.29, 1.82) is 0 Å². The number of carbonyl (C=O) groups is 3. The zero-order valence-electron chi connectivity index (χ0n) is 19.3. The lowest BCUT2D eigenvalue weighted by molar-refractivity contribution is -0.142. The summed E-state index contributed by atoms with van der Waals surface area (Å²) in [5.41, 5.74) is 4.54. The molecule has 1 fully saturated rings. The highest BCUT2D eigenvalue weighted by Crippen LogP contribution is 2.44. The van der Waals surface area contributed by atoms with Crippen molar-refractivity contribution in [1.82, 2.24) is 10.6 Å². The van der Waals surface area contributed by atoms with Gasteiger partial charge in [-0.05, 0) is 28.7 Å². The molecule has 0 bridgehead atoms. The van der Waals surface area contributed by atoms with E-state index in [1.165, 1.54) is 0 Å². The number of nitrogens with one attached hydrogen (secondary N) is 2. The van der Waals surface area contributed by atoms with Crippen molar-refractivity contribution in [3.8, 4) is 11.1 Å². The molecule has 2 aromatic carbocycles. The van der Waals surface area contributed by atoms with Gasteiger partial charge < -0.3 is 30.3 Å². The van der Waals surface area contributed by atoms with Crippen LogP contribution in [0.3, 0.4) is 0 Å². The molecule has 1 aliphatic carbocycles. The van der Waals surface area contributed by atoms with Gasteiger partial charge in [-0.25, -0.2) is 9.59 Å². The van der Waals surface area contributed by atoms with Crippen molar-refractivity contribution < 1.29 is 34.1 Å². The van der Waals surface area contributed by atoms with Crippen LogP contribution in [0.4, 0.5) is 4.79 Å². The normalized spacial score (nSPS) is 19.8. The lowest BCUT2D eigenvalue weighted by atomic mass is 9.92. The number of aliphatic carboxylic acids is 1. The summed E-state index contributed by atoms with van der Waals surface area (Å²) in [7, 11) is 0. The van der Waals surface area contributed by atoms with E-state index in [1.807, 2.05) is 24.3 Å². The number of fused-ring (bicyclic) bond motifs is 3. The zero-order chi connectivity index (χ0) is 24.8. The molecule has 35 heavy (non-hydrogen) atoms. The molecule has 1 saturated heterocycles. The Morgan fingerprint density at radius 3 is 2.34 bits per heavy atom. The summed E-state index contributed by atoms with van der Waals surface area (Å²) in [4.78, 5) is 36.3. The van der Waals surface area contributed by atoms with Crippen LogP contribution in [0.25, 0.3) is 11.1 Å². The second-order valence-corrected chi connectivity index (χ2v) is 8.87. The molecule has 4 rings (SSSR count).